The summed E-state index contributed by atoms with van der Waals surface area (Å²) in [6.45, 7) is 3.63. The highest BCUT2D eigenvalue weighted by molar-refractivity contribution is 5.81. The molecule has 1 saturated heterocycles. The molecule has 2 heterocycles. The van der Waals surface area contributed by atoms with E-state index in [2.05, 4.69) is 9.88 Å². The summed E-state index contributed by atoms with van der Waals surface area (Å²) in [5.41, 5.74) is 0.817. The maximum Gasteiger partial charge on any atom is 0.317 e. The fraction of sp³-hybridized carbons (Fsp3) is 0.316. The predicted octanol–water partition coefficient (Wildman–Crippen LogP) is 1.91. The third kappa shape index (κ3) is 4.31. The Morgan fingerprint density at radius 3 is 2.68 bits per heavy atom. The topological polar surface area (TPSA) is 130 Å². The molecule has 144 valence electrons. The third-order valence-corrected chi connectivity index (χ3v) is 4.56. The van der Waals surface area contributed by atoms with Gasteiger partial charge in [-0.15, -0.1) is 0 Å². The monoisotopic (exact) mass is 382 g/mol. The number of carboxylic acid groups (broad SMARTS) is 1. The normalized spacial score (nSPS) is 15.5. The van der Waals surface area contributed by atoms with Crippen LogP contribution in [0.25, 0.3) is 0 Å². The minimum atomic E-state index is -1.34. The Labute approximate surface area is 160 Å². The van der Waals surface area contributed by atoms with Crippen LogP contribution < -0.4 is 0 Å². The summed E-state index contributed by atoms with van der Waals surface area (Å²) < 4.78 is 5.31. The molecule has 2 aromatic rings. The number of hydrogen-bond donors (Lipinski definition) is 1. The predicted molar refractivity (Wildman–Crippen MR) is 97.6 cm³/mol. The summed E-state index contributed by atoms with van der Waals surface area (Å²) in [6.07, 6.45) is 1.58. The van der Waals surface area contributed by atoms with Gasteiger partial charge in [0.05, 0.1) is 41.0 Å². The zero-order valence-corrected chi connectivity index (χ0v) is 14.9. The Bertz CT molecular complexity index is 917. The minimum absolute atomic E-state index is 0.0648. The first-order chi connectivity index (χ1) is 13.5. The lowest BCUT2D eigenvalue weighted by Gasteiger charge is -2.26. The van der Waals surface area contributed by atoms with Gasteiger partial charge in [-0.25, -0.2) is 0 Å². The van der Waals surface area contributed by atoms with E-state index in [9.17, 15) is 20.0 Å². The van der Waals surface area contributed by atoms with E-state index in [-0.39, 0.29) is 22.5 Å². The van der Waals surface area contributed by atoms with Crippen molar-refractivity contribution < 1.29 is 19.6 Å². The van der Waals surface area contributed by atoms with Crippen molar-refractivity contribution >= 4 is 11.7 Å². The van der Waals surface area contributed by atoms with Gasteiger partial charge in [0, 0.05) is 31.9 Å². The number of rotatable bonds is 6. The molecule has 1 aliphatic rings. The van der Waals surface area contributed by atoms with Crippen molar-refractivity contribution in [2.75, 3.05) is 26.3 Å². The van der Waals surface area contributed by atoms with Crippen LogP contribution in [0.3, 0.4) is 0 Å². The number of ether oxygens (including phenoxy) is 1. The number of nitro groups is 1. The smallest absolute Gasteiger partial charge is 0.317 e. The molecule has 1 N–H and O–H groups in total. The molecule has 1 fully saturated rings. The maximum atomic E-state index is 11.9. The Hall–Kier alpha value is -3.35. The van der Waals surface area contributed by atoms with E-state index in [0.717, 1.165) is 24.7 Å². The summed E-state index contributed by atoms with van der Waals surface area (Å²) in [5, 5.41) is 30.1. The van der Waals surface area contributed by atoms with E-state index in [0.29, 0.717) is 19.8 Å². The van der Waals surface area contributed by atoms with Crippen LogP contribution in [-0.4, -0.2) is 52.2 Å². The number of pyridine rings is 1. The van der Waals surface area contributed by atoms with Crippen LogP contribution in [0.15, 0.2) is 36.5 Å². The number of carboxylic acids is 1. The highest BCUT2D eigenvalue weighted by Crippen LogP contribution is 2.32. The van der Waals surface area contributed by atoms with Gasteiger partial charge in [-0.2, -0.15) is 5.26 Å². The van der Waals surface area contributed by atoms with E-state index in [1.807, 2.05) is 6.07 Å². The van der Waals surface area contributed by atoms with Gasteiger partial charge in [-0.1, -0.05) is 6.07 Å². The molecular formula is C19H18N4O5. The molecule has 1 unspecified atom stereocenters. The molecule has 0 bridgehead atoms. The number of nitriles is 1. The van der Waals surface area contributed by atoms with Crippen molar-refractivity contribution in [1.82, 2.24) is 9.88 Å². The molecule has 0 saturated carbocycles. The Morgan fingerprint density at radius 2 is 2.11 bits per heavy atom. The Balaban J connectivity index is 1.92. The number of hydrogen-bond acceptors (Lipinski definition) is 7. The van der Waals surface area contributed by atoms with Gasteiger partial charge in [-0.3, -0.25) is 24.8 Å². The van der Waals surface area contributed by atoms with Crippen molar-refractivity contribution in [2.24, 2.45) is 0 Å². The second kappa shape index (κ2) is 8.56. The second-order valence-corrected chi connectivity index (χ2v) is 6.39. The van der Waals surface area contributed by atoms with Gasteiger partial charge in [0.2, 0.25) is 0 Å². The quantitative estimate of drug-likeness (QED) is 0.592. The second-order valence-electron chi connectivity index (χ2n) is 6.39. The molecule has 1 aromatic heterocycles. The lowest BCUT2D eigenvalue weighted by Crippen LogP contribution is -2.35. The lowest BCUT2D eigenvalue weighted by atomic mass is 9.92. The maximum absolute atomic E-state index is 11.9. The summed E-state index contributed by atoms with van der Waals surface area (Å²) >= 11 is 0. The van der Waals surface area contributed by atoms with E-state index in [1.165, 1.54) is 12.1 Å². The molecule has 1 aliphatic heterocycles. The van der Waals surface area contributed by atoms with E-state index >= 15 is 0 Å². The molecule has 0 radical (unpaired) electrons. The first-order valence-electron chi connectivity index (χ1n) is 8.65. The summed E-state index contributed by atoms with van der Waals surface area (Å²) in [5.74, 6) is -2.61. The number of nitro benzene ring substituents is 1. The van der Waals surface area contributed by atoms with E-state index in [1.54, 1.807) is 18.3 Å². The Morgan fingerprint density at radius 1 is 1.36 bits per heavy atom. The number of carbonyl (C=O) groups is 1. The van der Waals surface area contributed by atoms with E-state index in [4.69, 9.17) is 10.00 Å². The lowest BCUT2D eigenvalue weighted by molar-refractivity contribution is -0.385. The molecule has 9 nitrogen and oxygen atoms in total. The first kappa shape index (κ1) is 19.4. The number of nitrogens with zero attached hydrogens (tertiary/aromatic N) is 4. The van der Waals surface area contributed by atoms with Crippen molar-refractivity contribution in [1.29, 1.82) is 5.26 Å². The number of morpholine rings is 1. The fourth-order valence-electron chi connectivity index (χ4n) is 3.16. The Kier molecular flexibility index (Phi) is 5.93. The van der Waals surface area contributed by atoms with Crippen molar-refractivity contribution in [3.63, 3.8) is 0 Å². The molecule has 0 aliphatic carbocycles. The zero-order valence-electron chi connectivity index (χ0n) is 14.9. The molecule has 0 amide bonds. The third-order valence-electron chi connectivity index (χ3n) is 4.56. The summed E-state index contributed by atoms with van der Waals surface area (Å²) in [7, 11) is 0. The molecule has 28 heavy (non-hydrogen) atoms. The van der Waals surface area contributed by atoms with Gasteiger partial charge >= 0.3 is 5.97 Å². The average Bonchev–Trinajstić information content (AvgIpc) is 2.69. The first-order valence-corrected chi connectivity index (χ1v) is 8.65. The molecule has 1 atom stereocenters. The average molecular weight is 382 g/mol. The molecule has 9 heteroatoms. The molecular weight excluding hydrogens is 364 g/mol. The van der Waals surface area contributed by atoms with Crippen molar-refractivity contribution in [2.45, 2.75) is 12.5 Å². The van der Waals surface area contributed by atoms with E-state index < -0.39 is 16.8 Å². The number of aliphatic carboxylic acids is 1. The standard InChI is InChI=1S/C19H18N4O5/c20-10-13-2-4-17(23(26)27)15(9-13)18(19(24)25)16-3-1-14(11-21-16)12-22-5-7-28-8-6-22/h1-4,9,11,18H,5-8,12H2,(H,24,25). The van der Waals surface area contributed by atoms with Crippen LogP contribution in [0, 0.1) is 21.4 Å². The number of benzene rings is 1. The highest BCUT2D eigenvalue weighted by Gasteiger charge is 2.31. The van der Waals surface area contributed by atoms with Crippen LogP contribution in [0.1, 0.15) is 28.3 Å². The summed E-state index contributed by atoms with van der Waals surface area (Å²) in [6, 6.07) is 8.90. The largest absolute Gasteiger partial charge is 0.480 e. The zero-order chi connectivity index (χ0) is 20.1. The molecule has 3 rings (SSSR count). The fourth-order valence-corrected chi connectivity index (χ4v) is 3.16. The van der Waals surface area contributed by atoms with Crippen LogP contribution in [-0.2, 0) is 16.1 Å². The molecule has 1 aromatic carbocycles. The van der Waals surface area contributed by atoms with Crippen molar-refractivity contribution in [3.8, 4) is 6.07 Å². The minimum Gasteiger partial charge on any atom is -0.480 e. The van der Waals surface area contributed by atoms with Gasteiger partial charge in [0.15, 0.2) is 0 Å². The SMILES string of the molecule is N#Cc1ccc([N+](=O)[O-])c(C(C(=O)O)c2ccc(CN3CCOCC3)cn2)c1. The van der Waals surface area contributed by atoms with Crippen LogP contribution >= 0.6 is 0 Å². The van der Waals surface area contributed by atoms with Gasteiger partial charge < -0.3 is 9.84 Å². The van der Waals surface area contributed by atoms with Gasteiger partial charge in [0.1, 0.15) is 5.92 Å². The van der Waals surface area contributed by atoms with Crippen LogP contribution in [0.4, 0.5) is 5.69 Å². The van der Waals surface area contributed by atoms with Crippen LogP contribution in [0.2, 0.25) is 0 Å². The summed E-state index contributed by atoms with van der Waals surface area (Å²) in [4.78, 5) is 29.1. The van der Waals surface area contributed by atoms with Gasteiger partial charge in [0.25, 0.3) is 5.69 Å². The van der Waals surface area contributed by atoms with Gasteiger partial charge in [-0.05, 0) is 23.8 Å². The number of aromatic nitrogens is 1. The highest BCUT2D eigenvalue weighted by atomic mass is 16.6. The van der Waals surface area contributed by atoms with Crippen molar-refractivity contribution in [3.05, 3.63) is 69.0 Å². The molecule has 0 spiro atoms. The van der Waals surface area contributed by atoms with Crippen LogP contribution in [0.5, 0.6) is 0 Å².